The van der Waals surface area contributed by atoms with E-state index >= 15 is 0 Å². The SMILES string of the molecule is C[C@H](NCc1cc(Br)ccc1Cl)c1cnn(C)c1. The van der Waals surface area contributed by atoms with Gasteiger partial charge in [-0.25, -0.2) is 0 Å². The van der Waals surface area contributed by atoms with Crippen LogP contribution in [0.3, 0.4) is 0 Å². The van der Waals surface area contributed by atoms with Gasteiger partial charge in [0.1, 0.15) is 0 Å². The first-order valence-electron chi connectivity index (χ1n) is 5.72. The van der Waals surface area contributed by atoms with Gasteiger partial charge in [0.25, 0.3) is 0 Å². The molecule has 1 atom stereocenters. The minimum absolute atomic E-state index is 0.244. The smallest absolute Gasteiger partial charge is 0.0537 e. The second-order valence-electron chi connectivity index (χ2n) is 4.29. The highest BCUT2D eigenvalue weighted by molar-refractivity contribution is 9.10. The van der Waals surface area contributed by atoms with Crippen molar-refractivity contribution in [1.29, 1.82) is 0 Å². The summed E-state index contributed by atoms with van der Waals surface area (Å²) in [6.45, 7) is 2.84. The molecule has 0 aliphatic heterocycles. The number of halogens is 2. The van der Waals surface area contributed by atoms with E-state index in [1.165, 1.54) is 5.56 Å². The molecule has 2 aromatic rings. The van der Waals surface area contributed by atoms with Crippen LogP contribution < -0.4 is 5.32 Å². The lowest BCUT2D eigenvalue weighted by Crippen LogP contribution is -2.17. The normalized spacial score (nSPS) is 12.7. The summed E-state index contributed by atoms with van der Waals surface area (Å²) < 4.78 is 2.84. The number of aromatic nitrogens is 2. The van der Waals surface area contributed by atoms with Gasteiger partial charge >= 0.3 is 0 Å². The molecule has 2 rings (SSSR count). The van der Waals surface area contributed by atoms with Crippen molar-refractivity contribution in [3.05, 3.63) is 51.2 Å². The van der Waals surface area contributed by atoms with Gasteiger partial charge in [-0.3, -0.25) is 4.68 Å². The number of rotatable bonds is 4. The van der Waals surface area contributed by atoms with Crippen molar-refractivity contribution in [1.82, 2.24) is 15.1 Å². The molecule has 0 amide bonds. The van der Waals surface area contributed by atoms with Crippen LogP contribution in [0.5, 0.6) is 0 Å². The Morgan fingerprint density at radius 2 is 2.28 bits per heavy atom. The zero-order valence-corrected chi connectivity index (χ0v) is 12.7. The van der Waals surface area contributed by atoms with Crippen molar-refractivity contribution >= 4 is 27.5 Å². The Hall–Kier alpha value is -0.840. The largest absolute Gasteiger partial charge is 0.306 e. The number of nitrogens with one attached hydrogen (secondary N) is 1. The molecule has 1 aromatic heterocycles. The van der Waals surface area contributed by atoms with Gasteiger partial charge in [-0.2, -0.15) is 5.10 Å². The van der Waals surface area contributed by atoms with Gasteiger partial charge in [0.15, 0.2) is 0 Å². The van der Waals surface area contributed by atoms with Crippen molar-refractivity contribution in [3.63, 3.8) is 0 Å². The highest BCUT2D eigenvalue weighted by Crippen LogP contribution is 2.21. The van der Waals surface area contributed by atoms with Gasteiger partial charge in [-0.1, -0.05) is 27.5 Å². The standard InChI is InChI=1S/C13H15BrClN3/c1-9(11-7-17-18(2)8-11)16-6-10-5-12(14)3-4-13(10)15/h3-5,7-9,16H,6H2,1-2H3/t9-/m0/s1. The maximum Gasteiger partial charge on any atom is 0.0537 e. The Labute approximate surface area is 120 Å². The van der Waals surface area contributed by atoms with E-state index in [9.17, 15) is 0 Å². The van der Waals surface area contributed by atoms with Crippen LogP contribution in [0.15, 0.2) is 35.1 Å². The van der Waals surface area contributed by atoms with Crippen molar-refractivity contribution in [3.8, 4) is 0 Å². The van der Waals surface area contributed by atoms with Crippen molar-refractivity contribution in [2.75, 3.05) is 0 Å². The summed E-state index contributed by atoms with van der Waals surface area (Å²) in [4.78, 5) is 0. The van der Waals surface area contributed by atoms with Gasteiger partial charge in [-0.05, 0) is 30.7 Å². The zero-order chi connectivity index (χ0) is 13.1. The van der Waals surface area contributed by atoms with E-state index in [-0.39, 0.29) is 6.04 Å². The summed E-state index contributed by atoms with van der Waals surface area (Å²) >= 11 is 9.60. The lowest BCUT2D eigenvalue weighted by atomic mass is 10.1. The molecule has 0 radical (unpaired) electrons. The summed E-state index contributed by atoms with van der Waals surface area (Å²) in [5.74, 6) is 0. The Morgan fingerprint density at radius 1 is 1.50 bits per heavy atom. The molecule has 3 nitrogen and oxygen atoms in total. The predicted molar refractivity (Wildman–Crippen MR) is 77.6 cm³/mol. The van der Waals surface area contributed by atoms with Crippen LogP contribution in [0, 0.1) is 0 Å². The highest BCUT2D eigenvalue weighted by atomic mass is 79.9. The van der Waals surface area contributed by atoms with E-state index in [1.54, 1.807) is 4.68 Å². The minimum atomic E-state index is 0.244. The third-order valence-corrected chi connectivity index (χ3v) is 3.69. The van der Waals surface area contributed by atoms with E-state index in [2.05, 4.69) is 33.3 Å². The van der Waals surface area contributed by atoms with E-state index in [0.29, 0.717) is 0 Å². The molecule has 0 fully saturated rings. The second kappa shape index (κ2) is 5.87. The molecule has 0 spiro atoms. The zero-order valence-electron chi connectivity index (χ0n) is 10.3. The van der Waals surface area contributed by atoms with Gasteiger partial charge in [-0.15, -0.1) is 0 Å². The molecule has 0 aliphatic rings. The monoisotopic (exact) mass is 327 g/mol. The molecule has 0 bridgehead atoms. The molecular formula is C13H15BrClN3. The van der Waals surface area contributed by atoms with Crippen LogP contribution in [-0.2, 0) is 13.6 Å². The van der Waals surface area contributed by atoms with Crippen LogP contribution >= 0.6 is 27.5 Å². The Kier molecular flexibility index (Phi) is 4.43. The fourth-order valence-electron chi connectivity index (χ4n) is 1.72. The molecule has 1 N–H and O–H groups in total. The van der Waals surface area contributed by atoms with Crippen LogP contribution in [0.2, 0.25) is 5.02 Å². The quantitative estimate of drug-likeness (QED) is 0.927. The average Bonchev–Trinajstić information content (AvgIpc) is 2.77. The maximum atomic E-state index is 6.15. The van der Waals surface area contributed by atoms with Crippen molar-refractivity contribution in [2.24, 2.45) is 7.05 Å². The number of benzene rings is 1. The number of hydrogen-bond acceptors (Lipinski definition) is 2. The molecule has 0 aliphatic carbocycles. The summed E-state index contributed by atoms with van der Waals surface area (Å²) in [5.41, 5.74) is 2.26. The van der Waals surface area contributed by atoms with Crippen LogP contribution in [0.4, 0.5) is 0 Å². The van der Waals surface area contributed by atoms with E-state index < -0.39 is 0 Å². The van der Waals surface area contributed by atoms with Crippen LogP contribution in [-0.4, -0.2) is 9.78 Å². The molecule has 1 heterocycles. The van der Waals surface area contributed by atoms with Gasteiger partial charge in [0.05, 0.1) is 6.20 Å². The highest BCUT2D eigenvalue weighted by Gasteiger charge is 2.08. The summed E-state index contributed by atoms with van der Waals surface area (Å²) in [6.07, 6.45) is 3.89. The molecular weight excluding hydrogens is 314 g/mol. The van der Waals surface area contributed by atoms with E-state index in [4.69, 9.17) is 11.6 Å². The lowest BCUT2D eigenvalue weighted by molar-refractivity contribution is 0.574. The molecule has 0 saturated carbocycles. The third kappa shape index (κ3) is 3.34. The third-order valence-electron chi connectivity index (χ3n) is 2.83. The van der Waals surface area contributed by atoms with Crippen LogP contribution in [0.25, 0.3) is 0 Å². The summed E-state index contributed by atoms with van der Waals surface area (Å²) in [5, 5.41) is 8.39. The topological polar surface area (TPSA) is 29.9 Å². The molecule has 0 unspecified atom stereocenters. The number of hydrogen-bond donors (Lipinski definition) is 1. The minimum Gasteiger partial charge on any atom is -0.306 e. The second-order valence-corrected chi connectivity index (χ2v) is 5.61. The summed E-state index contributed by atoms with van der Waals surface area (Å²) in [7, 11) is 1.92. The summed E-state index contributed by atoms with van der Waals surface area (Å²) in [6, 6.07) is 6.12. The van der Waals surface area contributed by atoms with Gasteiger partial charge in [0.2, 0.25) is 0 Å². The Balaban J connectivity index is 2.01. The molecule has 96 valence electrons. The van der Waals surface area contributed by atoms with Crippen LogP contribution in [0.1, 0.15) is 24.1 Å². The fourth-order valence-corrected chi connectivity index (χ4v) is 2.32. The first-order valence-corrected chi connectivity index (χ1v) is 6.89. The first-order chi connectivity index (χ1) is 8.56. The number of nitrogens with zero attached hydrogens (tertiary/aromatic N) is 2. The molecule has 5 heteroatoms. The Bertz CT molecular complexity index is 539. The van der Waals surface area contributed by atoms with Crippen molar-refractivity contribution < 1.29 is 0 Å². The fraction of sp³-hybridized carbons (Fsp3) is 0.308. The predicted octanol–water partition coefficient (Wildman–Crippen LogP) is 3.69. The van der Waals surface area contributed by atoms with Gasteiger partial charge in [0, 0.05) is 40.9 Å². The van der Waals surface area contributed by atoms with Gasteiger partial charge < -0.3 is 5.32 Å². The van der Waals surface area contributed by atoms with Crippen molar-refractivity contribution in [2.45, 2.75) is 19.5 Å². The van der Waals surface area contributed by atoms with E-state index in [0.717, 1.165) is 21.6 Å². The Morgan fingerprint density at radius 3 is 2.94 bits per heavy atom. The molecule has 0 saturated heterocycles. The maximum absolute atomic E-state index is 6.15. The molecule has 1 aromatic carbocycles. The average molecular weight is 329 g/mol. The first kappa shape index (κ1) is 13.6. The van der Waals surface area contributed by atoms with E-state index in [1.807, 2.05) is 37.6 Å². The molecule has 18 heavy (non-hydrogen) atoms. The number of aryl methyl sites for hydroxylation is 1. The lowest BCUT2D eigenvalue weighted by Gasteiger charge is -2.13.